The van der Waals surface area contributed by atoms with Crippen LogP contribution in [0.1, 0.15) is 4.88 Å². The van der Waals surface area contributed by atoms with Gasteiger partial charge in [0.1, 0.15) is 6.67 Å². The van der Waals surface area contributed by atoms with Crippen LogP contribution < -0.4 is 5.32 Å². The van der Waals surface area contributed by atoms with Crippen LogP contribution in [0.15, 0.2) is 5.38 Å². The molecule has 0 spiro atoms. The molecule has 1 aromatic heterocycles. The van der Waals surface area contributed by atoms with Crippen molar-refractivity contribution in [2.45, 2.75) is 6.67 Å². The highest BCUT2D eigenvalue weighted by Gasteiger charge is 2.08. The number of thiophene rings is 1. The number of amides is 1. The van der Waals surface area contributed by atoms with Crippen LogP contribution in [0, 0.1) is 0 Å². The van der Waals surface area contributed by atoms with E-state index in [2.05, 4.69) is 5.32 Å². The van der Waals surface area contributed by atoms with Crippen LogP contribution in [-0.2, 0) is 11.5 Å². The first kappa shape index (κ1) is 8.49. The molecule has 0 aliphatic rings. The van der Waals surface area contributed by atoms with Crippen molar-refractivity contribution in [1.82, 2.24) is 0 Å². The number of rotatable bonds is 3. The number of alkyl halides is 1. The predicted octanol–water partition coefficient (Wildman–Crippen LogP) is 2.44. The van der Waals surface area contributed by atoms with Gasteiger partial charge in [0.2, 0.25) is 6.41 Å². The molecular weight excluding hydrogens is 189 g/mol. The fourth-order valence-corrected chi connectivity index (χ4v) is 1.75. The van der Waals surface area contributed by atoms with E-state index in [4.69, 9.17) is 11.6 Å². The van der Waals surface area contributed by atoms with E-state index in [0.717, 1.165) is 0 Å². The molecule has 1 N–H and O–H groups in total. The highest BCUT2D eigenvalue weighted by atomic mass is 35.5. The summed E-state index contributed by atoms with van der Waals surface area (Å²) in [6.07, 6.45) is 0.479. The van der Waals surface area contributed by atoms with E-state index in [9.17, 15) is 9.18 Å². The quantitative estimate of drug-likeness (QED) is 0.734. The summed E-state index contributed by atoms with van der Waals surface area (Å²) >= 11 is 6.81. The zero-order valence-electron chi connectivity index (χ0n) is 5.43. The van der Waals surface area contributed by atoms with Crippen molar-refractivity contribution in [2.24, 2.45) is 0 Å². The van der Waals surface area contributed by atoms with Gasteiger partial charge in [-0.1, -0.05) is 11.6 Å². The standard InChI is InChI=1S/C6H5ClFNOS/c7-4-2-11-5(1-8)6(4)9-3-10/h2-3H,1H2,(H,9,10). The van der Waals surface area contributed by atoms with E-state index in [1.54, 1.807) is 5.38 Å². The van der Waals surface area contributed by atoms with Gasteiger partial charge in [-0.15, -0.1) is 11.3 Å². The zero-order chi connectivity index (χ0) is 8.27. The molecule has 0 aliphatic carbocycles. The molecular formula is C6H5ClFNOS. The molecule has 0 unspecified atom stereocenters. The summed E-state index contributed by atoms with van der Waals surface area (Å²) in [6.45, 7) is -0.604. The molecule has 11 heavy (non-hydrogen) atoms. The fraction of sp³-hybridized carbons (Fsp3) is 0.167. The van der Waals surface area contributed by atoms with Crippen LogP contribution in [0.2, 0.25) is 5.02 Å². The summed E-state index contributed by atoms with van der Waals surface area (Å²) < 4.78 is 12.1. The van der Waals surface area contributed by atoms with Crippen molar-refractivity contribution >= 4 is 35.0 Å². The van der Waals surface area contributed by atoms with Crippen LogP contribution in [0.5, 0.6) is 0 Å². The number of hydrogen-bond acceptors (Lipinski definition) is 2. The third kappa shape index (κ3) is 1.70. The first-order valence-corrected chi connectivity index (χ1v) is 4.07. The van der Waals surface area contributed by atoms with E-state index in [1.165, 1.54) is 11.3 Å². The zero-order valence-corrected chi connectivity index (χ0v) is 7.01. The van der Waals surface area contributed by atoms with E-state index in [0.29, 0.717) is 22.0 Å². The van der Waals surface area contributed by atoms with Crippen molar-refractivity contribution in [3.63, 3.8) is 0 Å². The molecule has 0 saturated carbocycles. The molecule has 60 valence electrons. The molecule has 0 fully saturated rings. The van der Waals surface area contributed by atoms with Gasteiger partial charge in [-0.05, 0) is 0 Å². The Balaban J connectivity index is 2.96. The minimum absolute atomic E-state index is 0.383. The van der Waals surface area contributed by atoms with Gasteiger partial charge in [-0.25, -0.2) is 4.39 Å². The molecule has 0 aromatic carbocycles. The van der Waals surface area contributed by atoms with Crippen LogP contribution >= 0.6 is 22.9 Å². The summed E-state index contributed by atoms with van der Waals surface area (Å²) in [5, 5.41) is 4.30. The van der Waals surface area contributed by atoms with Gasteiger partial charge in [-0.2, -0.15) is 0 Å². The molecule has 1 heterocycles. The lowest BCUT2D eigenvalue weighted by molar-refractivity contribution is -0.105. The summed E-state index contributed by atoms with van der Waals surface area (Å²) in [4.78, 5) is 10.5. The Morgan fingerprint density at radius 3 is 3.09 bits per heavy atom. The fourth-order valence-electron chi connectivity index (χ4n) is 0.681. The van der Waals surface area contributed by atoms with Gasteiger partial charge in [0, 0.05) is 5.38 Å². The largest absolute Gasteiger partial charge is 0.326 e. The Kier molecular flexibility index (Phi) is 2.84. The number of hydrogen-bond donors (Lipinski definition) is 1. The molecule has 0 aliphatic heterocycles. The van der Waals surface area contributed by atoms with E-state index in [-0.39, 0.29) is 0 Å². The van der Waals surface area contributed by atoms with Crippen molar-refractivity contribution in [1.29, 1.82) is 0 Å². The first-order valence-electron chi connectivity index (χ1n) is 2.81. The molecule has 0 bridgehead atoms. The van der Waals surface area contributed by atoms with Crippen molar-refractivity contribution < 1.29 is 9.18 Å². The second-order valence-corrected chi connectivity index (χ2v) is 3.15. The summed E-state index contributed by atoms with van der Waals surface area (Å²) in [6, 6.07) is 0. The minimum atomic E-state index is -0.604. The third-order valence-corrected chi connectivity index (χ3v) is 2.53. The molecule has 2 nitrogen and oxygen atoms in total. The monoisotopic (exact) mass is 193 g/mol. The number of carbonyl (C=O) groups is 1. The average molecular weight is 194 g/mol. The van der Waals surface area contributed by atoms with E-state index in [1.807, 2.05) is 0 Å². The summed E-state index contributed by atoms with van der Waals surface area (Å²) in [5.74, 6) is 0. The molecule has 5 heteroatoms. The smallest absolute Gasteiger partial charge is 0.211 e. The van der Waals surface area contributed by atoms with Crippen molar-refractivity contribution in [3.8, 4) is 0 Å². The van der Waals surface area contributed by atoms with E-state index < -0.39 is 6.67 Å². The first-order chi connectivity index (χ1) is 5.29. The predicted molar refractivity (Wildman–Crippen MR) is 43.8 cm³/mol. The Hall–Kier alpha value is -0.610. The lowest BCUT2D eigenvalue weighted by Crippen LogP contribution is -1.94. The lowest BCUT2D eigenvalue weighted by Gasteiger charge is -1.96. The van der Waals surface area contributed by atoms with Gasteiger partial charge in [-0.3, -0.25) is 4.79 Å². The molecule has 0 atom stereocenters. The van der Waals surface area contributed by atoms with Crippen LogP contribution in [0.3, 0.4) is 0 Å². The van der Waals surface area contributed by atoms with Gasteiger partial charge in [0.15, 0.2) is 0 Å². The van der Waals surface area contributed by atoms with Gasteiger partial charge < -0.3 is 5.32 Å². The van der Waals surface area contributed by atoms with Crippen LogP contribution in [0.25, 0.3) is 0 Å². The Labute approximate surface area is 72.0 Å². The summed E-state index contributed by atoms with van der Waals surface area (Å²) in [7, 11) is 0. The molecule has 1 rings (SSSR count). The second kappa shape index (κ2) is 3.69. The SMILES string of the molecule is O=CNc1c(Cl)csc1CF. The molecule has 0 radical (unpaired) electrons. The number of halogens is 2. The Bertz CT molecular complexity index is 263. The number of carbonyl (C=O) groups excluding carboxylic acids is 1. The Morgan fingerprint density at radius 1 is 1.82 bits per heavy atom. The van der Waals surface area contributed by atoms with Gasteiger partial charge >= 0.3 is 0 Å². The Morgan fingerprint density at radius 2 is 2.55 bits per heavy atom. The maximum Gasteiger partial charge on any atom is 0.211 e. The van der Waals surface area contributed by atoms with Crippen LogP contribution in [0.4, 0.5) is 10.1 Å². The van der Waals surface area contributed by atoms with Crippen molar-refractivity contribution in [2.75, 3.05) is 5.32 Å². The third-order valence-electron chi connectivity index (χ3n) is 1.15. The molecule has 1 aromatic rings. The number of nitrogens with one attached hydrogen (secondary N) is 1. The van der Waals surface area contributed by atoms with Gasteiger partial charge in [0.25, 0.3) is 0 Å². The summed E-state index contributed by atoms with van der Waals surface area (Å²) in [5.41, 5.74) is 0.383. The highest BCUT2D eigenvalue weighted by molar-refractivity contribution is 7.11. The minimum Gasteiger partial charge on any atom is -0.326 e. The van der Waals surface area contributed by atoms with Crippen molar-refractivity contribution in [3.05, 3.63) is 15.3 Å². The van der Waals surface area contributed by atoms with Crippen LogP contribution in [-0.4, -0.2) is 6.41 Å². The second-order valence-electron chi connectivity index (χ2n) is 1.78. The van der Waals surface area contributed by atoms with Gasteiger partial charge in [0.05, 0.1) is 15.6 Å². The van der Waals surface area contributed by atoms with E-state index >= 15 is 0 Å². The average Bonchev–Trinajstić information content (AvgIpc) is 2.34. The topological polar surface area (TPSA) is 29.1 Å². The molecule has 0 saturated heterocycles. The number of anilines is 1. The maximum absolute atomic E-state index is 12.1. The normalized spacial score (nSPS) is 9.64. The maximum atomic E-state index is 12.1. The molecule has 1 amide bonds. The lowest BCUT2D eigenvalue weighted by atomic mass is 10.4. The highest BCUT2D eigenvalue weighted by Crippen LogP contribution is 2.32.